The third-order valence-corrected chi connectivity index (χ3v) is 12.3. The fourth-order valence-electron chi connectivity index (χ4n) is 10.2. The molecule has 0 aromatic rings. The molecule has 2 heterocycles. The lowest BCUT2D eigenvalue weighted by atomic mass is 9.43. The van der Waals surface area contributed by atoms with Crippen LogP contribution in [-0.4, -0.2) is 85.7 Å². The summed E-state index contributed by atoms with van der Waals surface area (Å²) in [4.78, 5) is 24.9. The van der Waals surface area contributed by atoms with Gasteiger partial charge in [-0.1, -0.05) is 6.92 Å². The number of cyclic esters (lactones) is 1. The highest BCUT2D eigenvalue weighted by atomic mass is 16.7. The second-order valence-corrected chi connectivity index (χ2v) is 13.6. The topological polar surface area (TPSA) is 121 Å². The Morgan fingerprint density at radius 2 is 1.80 bits per heavy atom. The van der Waals surface area contributed by atoms with E-state index in [9.17, 15) is 19.8 Å². The number of hydrogen-bond donors (Lipinski definition) is 2. The monoisotopic (exact) mass is 562 g/mol. The molecule has 13 atom stereocenters. The zero-order valence-corrected chi connectivity index (χ0v) is 24.3. The third-order valence-electron chi connectivity index (χ3n) is 12.3. The molecule has 0 amide bonds. The van der Waals surface area contributed by atoms with E-state index in [0.717, 1.165) is 56.9 Å². The van der Waals surface area contributed by atoms with Crippen LogP contribution in [0.4, 0.5) is 0 Å². The van der Waals surface area contributed by atoms with E-state index >= 15 is 0 Å². The number of carbonyl (C=O) groups excluding carboxylic acids is 2. The number of aliphatic hydroxyl groups excluding tert-OH is 1. The number of carbonyl (C=O) groups is 2. The quantitative estimate of drug-likeness (QED) is 0.286. The molecule has 0 aromatic carbocycles. The number of methoxy groups -OCH3 is 2. The minimum atomic E-state index is -0.852. The summed E-state index contributed by atoms with van der Waals surface area (Å²) in [6.07, 6.45) is 7.04. The largest absolute Gasteiger partial charge is 0.458 e. The van der Waals surface area contributed by atoms with Crippen LogP contribution >= 0.6 is 0 Å². The molecule has 6 rings (SSSR count). The van der Waals surface area contributed by atoms with E-state index in [1.165, 1.54) is 6.29 Å². The third kappa shape index (κ3) is 4.09. The molecule has 4 aliphatic carbocycles. The first-order valence-electron chi connectivity index (χ1n) is 15.2. The first-order chi connectivity index (χ1) is 19.1. The van der Waals surface area contributed by atoms with Crippen molar-refractivity contribution in [3.05, 3.63) is 11.6 Å². The molecular weight excluding hydrogens is 516 g/mol. The van der Waals surface area contributed by atoms with Gasteiger partial charge in [-0.05, 0) is 94.0 Å². The van der Waals surface area contributed by atoms with Gasteiger partial charge in [0.25, 0.3) is 0 Å². The van der Waals surface area contributed by atoms with Crippen molar-refractivity contribution >= 4 is 12.3 Å². The lowest BCUT2D eigenvalue weighted by Crippen LogP contribution is -2.63. The summed E-state index contributed by atoms with van der Waals surface area (Å²) in [7, 11) is 3.13. The molecule has 0 bridgehead atoms. The summed E-state index contributed by atoms with van der Waals surface area (Å²) >= 11 is 0. The summed E-state index contributed by atoms with van der Waals surface area (Å²) in [6.45, 7) is 4.35. The van der Waals surface area contributed by atoms with Crippen LogP contribution in [-0.2, 0) is 33.3 Å². The lowest BCUT2D eigenvalue weighted by molar-refractivity contribution is -0.317. The highest BCUT2D eigenvalue weighted by Crippen LogP contribution is 2.69. The van der Waals surface area contributed by atoms with Crippen molar-refractivity contribution in [2.75, 3.05) is 20.8 Å². The van der Waals surface area contributed by atoms with Crippen LogP contribution in [0.2, 0.25) is 0 Å². The first kappa shape index (κ1) is 28.7. The molecule has 0 radical (unpaired) electrons. The molecular formula is C31H46O9. The maximum Gasteiger partial charge on any atom is 0.331 e. The lowest BCUT2D eigenvalue weighted by Gasteiger charge is -2.63. The first-order valence-corrected chi connectivity index (χ1v) is 15.2. The normalized spacial score (nSPS) is 52.2. The highest BCUT2D eigenvalue weighted by molar-refractivity contribution is 5.85. The standard InChI is InChI=1S/C31H46O9/c1-17-25(34)26(36-3)27(37-4)28(39-17)40-20-7-11-30(16-32)19(14-20)5-6-23-22(30)8-10-29(2)21(9-12-31(23,29)35)18-13-24(33)38-15-18/h13,16-17,19-23,25-28,34-35H,5-12,14-15H2,1-4H3/t17-,19-,20+,21-,22+,23-,25+,26+,27-,28+,29-,30-,31+/m1/s1. The molecule has 0 spiro atoms. The Kier molecular flexibility index (Phi) is 7.49. The van der Waals surface area contributed by atoms with Crippen LogP contribution in [0, 0.1) is 34.5 Å². The van der Waals surface area contributed by atoms with Crippen LogP contribution in [0.15, 0.2) is 11.6 Å². The second-order valence-electron chi connectivity index (χ2n) is 13.6. The van der Waals surface area contributed by atoms with Gasteiger partial charge in [0, 0.05) is 31.1 Å². The molecule has 5 fully saturated rings. The fraction of sp³-hybridized carbons (Fsp3) is 0.871. The fourth-order valence-corrected chi connectivity index (χ4v) is 10.2. The zero-order chi connectivity index (χ0) is 28.4. The summed E-state index contributed by atoms with van der Waals surface area (Å²) in [5.41, 5.74) is -0.612. The summed E-state index contributed by atoms with van der Waals surface area (Å²) in [5.74, 6) is 0.256. The van der Waals surface area contributed by atoms with Gasteiger partial charge in [-0.3, -0.25) is 0 Å². The maximum atomic E-state index is 13.0. The van der Waals surface area contributed by atoms with Crippen molar-refractivity contribution in [1.29, 1.82) is 0 Å². The number of fused-ring (bicyclic) bond motifs is 5. The van der Waals surface area contributed by atoms with Crippen LogP contribution in [0.3, 0.4) is 0 Å². The maximum absolute atomic E-state index is 13.0. The number of ether oxygens (including phenoxy) is 5. The van der Waals surface area contributed by atoms with Crippen LogP contribution in [0.25, 0.3) is 0 Å². The number of esters is 1. The zero-order valence-electron chi connectivity index (χ0n) is 24.3. The van der Waals surface area contributed by atoms with Crippen molar-refractivity contribution < 1.29 is 43.5 Å². The predicted molar refractivity (Wildman–Crippen MR) is 143 cm³/mol. The smallest absolute Gasteiger partial charge is 0.331 e. The predicted octanol–water partition coefficient (Wildman–Crippen LogP) is 2.94. The Hall–Kier alpha value is -1.36. The van der Waals surface area contributed by atoms with Gasteiger partial charge >= 0.3 is 5.97 Å². The summed E-state index contributed by atoms with van der Waals surface area (Å²) < 4.78 is 29.0. The molecule has 40 heavy (non-hydrogen) atoms. The number of aliphatic hydroxyl groups is 2. The van der Waals surface area contributed by atoms with Gasteiger partial charge in [-0.2, -0.15) is 0 Å². The molecule has 9 nitrogen and oxygen atoms in total. The molecule has 1 saturated heterocycles. The van der Waals surface area contributed by atoms with Crippen LogP contribution in [0.5, 0.6) is 0 Å². The Morgan fingerprint density at radius 3 is 2.48 bits per heavy atom. The van der Waals surface area contributed by atoms with Crippen LogP contribution < -0.4 is 0 Å². The molecule has 224 valence electrons. The average molecular weight is 563 g/mol. The van der Waals surface area contributed by atoms with Crippen molar-refractivity contribution in [1.82, 2.24) is 0 Å². The van der Waals surface area contributed by atoms with Crippen molar-refractivity contribution in [2.24, 2.45) is 34.5 Å². The number of aldehydes is 1. The van der Waals surface area contributed by atoms with Crippen molar-refractivity contribution in [3.8, 4) is 0 Å². The highest BCUT2D eigenvalue weighted by Gasteiger charge is 2.68. The van der Waals surface area contributed by atoms with Gasteiger partial charge in [0.15, 0.2) is 6.29 Å². The summed E-state index contributed by atoms with van der Waals surface area (Å²) in [5, 5.41) is 22.9. The SMILES string of the molecule is CO[C@H]1[C@H](O[C@H]2CC[C@@]3(C=O)[C@H](CC[C@@H]4[C@@H]3CC[C@]3(C)[C@@H](C5=CC(=O)OC5)CC[C@]43O)C2)O[C@H](C)[C@H](O)[C@@H]1OC. The minimum absolute atomic E-state index is 0.0677. The Labute approximate surface area is 236 Å². The molecule has 6 aliphatic rings. The van der Waals surface area contributed by atoms with Gasteiger partial charge in [0.1, 0.15) is 31.2 Å². The van der Waals surface area contributed by atoms with Crippen LogP contribution in [0.1, 0.15) is 71.6 Å². The van der Waals surface area contributed by atoms with E-state index in [-0.39, 0.29) is 41.2 Å². The van der Waals surface area contributed by atoms with Gasteiger partial charge < -0.3 is 38.7 Å². The molecule has 4 saturated carbocycles. The molecule has 2 aliphatic heterocycles. The van der Waals surface area contributed by atoms with Crippen molar-refractivity contribution in [3.63, 3.8) is 0 Å². The van der Waals surface area contributed by atoms with E-state index < -0.39 is 41.7 Å². The Balaban J connectivity index is 1.19. The van der Waals surface area contributed by atoms with E-state index in [1.54, 1.807) is 20.3 Å². The number of rotatable bonds is 6. The Morgan fingerprint density at radius 1 is 1.02 bits per heavy atom. The molecule has 2 N–H and O–H groups in total. The molecule has 0 aromatic heterocycles. The summed E-state index contributed by atoms with van der Waals surface area (Å²) in [6, 6.07) is 0. The van der Waals surface area contributed by atoms with Gasteiger partial charge in [-0.15, -0.1) is 0 Å². The minimum Gasteiger partial charge on any atom is -0.458 e. The Bertz CT molecular complexity index is 1030. The van der Waals surface area contributed by atoms with Gasteiger partial charge in [-0.25, -0.2) is 4.79 Å². The van der Waals surface area contributed by atoms with Crippen molar-refractivity contribution in [2.45, 2.75) is 114 Å². The van der Waals surface area contributed by atoms with Gasteiger partial charge in [0.05, 0.1) is 17.8 Å². The number of hydrogen-bond acceptors (Lipinski definition) is 9. The second kappa shape index (κ2) is 10.4. The van der Waals surface area contributed by atoms with E-state index in [4.69, 9.17) is 23.7 Å². The van der Waals surface area contributed by atoms with E-state index in [2.05, 4.69) is 6.92 Å². The van der Waals surface area contributed by atoms with E-state index in [0.29, 0.717) is 13.0 Å². The van der Waals surface area contributed by atoms with Gasteiger partial charge in [0.2, 0.25) is 0 Å². The average Bonchev–Trinajstić information content (AvgIpc) is 3.49. The molecule has 0 unspecified atom stereocenters. The van der Waals surface area contributed by atoms with E-state index in [1.807, 2.05) is 6.92 Å². The molecule has 9 heteroatoms.